The summed E-state index contributed by atoms with van der Waals surface area (Å²) in [5, 5.41) is 2.10. The third-order valence-corrected chi connectivity index (χ3v) is 3.57. The van der Waals surface area contributed by atoms with Crippen molar-refractivity contribution in [2.24, 2.45) is 0 Å². The van der Waals surface area contributed by atoms with E-state index in [1.54, 1.807) is 11.3 Å². The van der Waals surface area contributed by atoms with Crippen molar-refractivity contribution in [1.82, 2.24) is 15.0 Å². The summed E-state index contributed by atoms with van der Waals surface area (Å²) in [5.74, 6) is 0.806. The molecule has 0 spiro atoms. The van der Waals surface area contributed by atoms with E-state index in [0.29, 0.717) is 5.95 Å². The highest BCUT2D eigenvalue weighted by Gasteiger charge is 2.08. The van der Waals surface area contributed by atoms with Crippen molar-refractivity contribution < 1.29 is 0 Å². The molecule has 0 aromatic carbocycles. The number of nitrogen functional groups attached to an aromatic ring is 2. The smallest absolute Gasteiger partial charge is 0.231 e. The Kier molecular flexibility index (Phi) is 3.61. The Morgan fingerprint density at radius 2 is 1.89 bits per heavy atom. The van der Waals surface area contributed by atoms with Gasteiger partial charge in [0.05, 0.1) is 0 Å². The highest BCUT2D eigenvalue weighted by molar-refractivity contribution is 7.10. The van der Waals surface area contributed by atoms with Gasteiger partial charge in [0, 0.05) is 18.5 Å². The van der Waals surface area contributed by atoms with Crippen molar-refractivity contribution in [2.75, 3.05) is 30.0 Å². The van der Waals surface area contributed by atoms with Crippen LogP contribution in [0.3, 0.4) is 0 Å². The maximum absolute atomic E-state index is 5.54. The first-order valence-corrected chi connectivity index (χ1v) is 6.45. The first-order valence-electron chi connectivity index (χ1n) is 5.57. The van der Waals surface area contributed by atoms with Crippen molar-refractivity contribution >= 4 is 29.2 Å². The number of hydrogen-bond acceptors (Lipinski definition) is 7. The zero-order valence-electron chi connectivity index (χ0n) is 10.4. The molecule has 2 rings (SSSR count). The third-order valence-electron chi connectivity index (χ3n) is 2.68. The topological polar surface area (TPSA) is 94.0 Å². The van der Waals surface area contributed by atoms with E-state index in [1.165, 1.54) is 10.4 Å². The number of hydrogen-bond donors (Lipinski definition) is 2. The molecule has 0 aliphatic carbocycles. The number of aryl methyl sites for hydroxylation is 1. The summed E-state index contributed by atoms with van der Waals surface area (Å²) in [6.07, 6.45) is 0.942. The van der Waals surface area contributed by atoms with Gasteiger partial charge in [0.1, 0.15) is 0 Å². The van der Waals surface area contributed by atoms with E-state index in [-0.39, 0.29) is 11.9 Å². The number of thiophene rings is 1. The minimum atomic E-state index is 0.149. The Morgan fingerprint density at radius 1 is 1.22 bits per heavy atom. The number of nitrogens with zero attached hydrogens (tertiary/aromatic N) is 4. The van der Waals surface area contributed by atoms with Crippen LogP contribution in [0.2, 0.25) is 0 Å². The molecule has 2 heterocycles. The number of rotatable bonds is 4. The van der Waals surface area contributed by atoms with Gasteiger partial charge in [0.2, 0.25) is 17.8 Å². The lowest BCUT2D eigenvalue weighted by Gasteiger charge is -2.17. The second-order valence-electron chi connectivity index (χ2n) is 4.03. The molecule has 0 aliphatic heterocycles. The van der Waals surface area contributed by atoms with Crippen molar-refractivity contribution in [2.45, 2.75) is 13.3 Å². The second-order valence-corrected chi connectivity index (χ2v) is 5.15. The summed E-state index contributed by atoms with van der Waals surface area (Å²) in [4.78, 5) is 15.1. The Labute approximate surface area is 110 Å². The van der Waals surface area contributed by atoms with Crippen LogP contribution >= 0.6 is 11.3 Å². The SMILES string of the molecule is Cc1sccc1CCN(C)c1nc(N)nc(N)n1. The highest BCUT2D eigenvalue weighted by atomic mass is 32.1. The summed E-state index contributed by atoms with van der Waals surface area (Å²) in [5.41, 5.74) is 12.4. The molecule has 0 atom stereocenters. The van der Waals surface area contributed by atoms with E-state index in [0.717, 1.165) is 13.0 Å². The summed E-state index contributed by atoms with van der Waals surface area (Å²) in [6.45, 7) is 2.93. The first-order chi connectivity index (χ1) is 8.56. The Balaban J connectivity index is 2.03. The van der Waals surface area contributed by atoms with Gasteiger partial charge < -0.3 is 16.4 Å². The summed E-state index contributed by atoms with van der Waals surface area (Å²) in [6, 6.07) is 2.14. The molecule has 2 aromatic heterocycles. The molecule has 6 nitrogen and oxygen atoms in total. The fourth-order valence-electron chi connectivity index (χ4n) is 1.63. The molecule has 0 unspecified atom stereocenters. The van der Waals surface area contributed by atoms with Crippen LogP contribution in [-0.2, 0) is 6.42 Å². The van der Waals surface area contributed by atoms with Crippen LogP contribution in [0.15, 0.2) is 11.4 Å². The van der Waals surface area contributed by atoms with Gasteiger partial charge in [-0.3, -0.25) is 0 Å². The Hall–Kier alpha value is -1.89. The van der Waals surface area contributed by atoms with Gasteiger partial charge in [-0.05, 0) is 30.4 Å². The average molecular weight is 264 g/mol. The van der Waals surface area contributed by atoms with E-state index in [1.807, 2.05) is 11.9 Å². The van der Waals surface area contributed by atoms with Gasteiger partial charge in [-0.1, -0.05) is 0 Å². The summed E-state index contributed by atoms with van der Waals surface area (Å²) in [7, 11) is 1.91. The minimum absolute atomic E-state index is 0.149. The molecule has 0 saturated heterocycles. The zero-order chi connectivity index (χ0) is 13.1. The number of aromatic nitrogens is 3. The van der Waals surface area contributed by atoms with E-state index in [2.05, 4.69) is 33.3 Å². The molecule has 0 radical (unpaired) electrons. The van der Waals surface area contributed by atoms with Gasteiger partial charge >= 0.3 is 0 Å². The monoisotopic (exact) mass is 264 g/mol. The largest absolute Gasteiger partial charge is 0.368 e. The van der Waals surface area contributed by atoms with Crippen molar-refractivity contribution in [1.29, 1.82) is 0 Å². The third kappa shape index (κ3) is 2.86. The predicted octanol–water partition coefficient (Wildman–Crippen LogP) is 1.08. The lowest BCUT2D eigenvalue weighted by Crippen LogP contribution is -2.23. The maximum atomic E-state index is 5.54. The highest BCUT2D eigenvalue weighted by Crippen LogP contribution is 2.16. The van der Waals surface area contributed by atoms with E-state index < -0.39 is 0 Å². The van der Waals surface area contributed by atoms with Crippen LogP contribution in [0.5, 0.6) is 0 Å². The fraction of sp³-hybridized carbons (Fsp3) is 0.364. The van der Waals surface area contributed by atoms with Gasteiger partial charge in [0.15, 0.2) is 0 Å². The normalized spacial score (nSPS) is 10.6. The minimum Gasteiger partial charge on any atom is -0.368 e. The molecular weight excluding hydrogens is 248 g/mol. The molecular formula is C11H16N6S. The van der Waals surface area contributed by atoms with E-state index in [9.17, 15) is 0 Å². The molecule has 0 bridgehead atoms. The van der Waals surface area contributed by atoms with Gasteiger partial charge in [-0.25, -0.2) is 0 Å². The zero-order valence-corrected chi connectivity index (χ0v) is 11.2. The second kappa shape index (κ2) is 5.18. The van der Waals surface area contributed by atoms with Gasteiger partial charge in [0.25, 0.3) is 0 Å². The van der Waals surface area contributed by atoms with Crippen LogP contribution in [0.1, 0.15) is 10.4 Å². The predicted molar refractivity (Wildman–Crippen MR) is 74.7 cm³/mol. The number of likely N-dealkylation sites (N-methyl/N-ethyl adjacent to an activating group) is 1. The Bertz CT molecular complexity index is 518. The molecule has 0 saturated carbocycles. The lowest BCUT2D eigenvalue weighted by atomic mass is 10.2. The molecule has 0 amide bonds. The first kappa shape index (κ1) is 12.6. The average Bonchev–Trinajstić information content (AvgIpc) is 2.70. The number of nitrogens with two attached hydrogens (primary N) is 2. The van der Waals surface area contributed by atoms with Crippen molar-refractivity contribution in [3.63, 3.8) is 0 Å². The molecule has 96 valence electrons. The number of anilines is 3. The van der Waals surface area contributed by atoms with Crippen LogP contribution < -0.4 is 16.4 Å². The molecule has 2 aromatic rings. The molecule has 7 heteroatoms. The van der Waals surface area contributed by atoms with E-state index >= 15 is 0 Å². The van der Waals surface area contributed by atoms with Crippen LogP contribution in [-0.4, -0.2) is 28.5 Å². The Morgan fingerprint density at radius 3 is 2.44 bits per heavy atom. The van der Waals surface area contributed by atoms with Crippen LogP contribution in [0, 0.1) is 6.92 Å². The van der Waals surface area contributed by atoms with Crippen molar-refractivity contribution in [3.8, 4) is 0 Å². The molecule has 18 heavy (non-hydrogen) atoms. The molecule has 0 fully saturated rings. The van der Waals surface area contributed by atoms with Crippen LogP contribution in [0.4, 0.5) is 17.8 Å². The van der Waals surface area contributed by atoms with Crippen LogP contribution in [0.25, 0.3) is 0 Å². The van der Waals surface area contributed by atoms with Gasteiger partial charge in [-0.15, -0.1) is 11.3 Å². The van der Waals surface area contributed by atoms with Gasteiger partial charge in [-0.2, -0.15) is 15.0 Å². The maximum Gasteiger partial charge on any atom is 0.231 e. The summed E-state index contributed by atoms with van der Waals surface area (Å²) < 4.78 is 0. The van der Waals surface area contributed by atoms with E-state index in [4.69, 9.17) is 11.5 Å². The van der Waals surface area contributed by atoms with Crippen molar-refractivity contribution in [3.05, 3.63) is 21.9 Å². The quantitative estimate of drug-likeness (QED) is 0.858. The summed E-state index contributed by atoms with van der Waals surface area (Å²) >= 11 is 1.76. The fourth-order valence-corrected chi connectivity index (χ4v) is 2.38. The molecule has 4 N–H and O–H groups in total. The lowest BCUT2D eigenvalue weighted by molar-refractivity contribution is 0.833. The molecule has 0 aliphatic rings. The standard InChI is InChI=1S/C11H16N6S/c1-7-8(4-6-18-7)3-5-17(2)11-15-9(12)14-10(13)16-11/h4,6H,3,5H2,1-2H3,(H4,12,13,14,15,16).